The molecule has 4 aliphatic carbocycles. The third kappa shape index (κ3) is 1.63. The Morgan fingerprint density at radius 1 is 0.654 bits per heavy atom. The van der Waals surface area contributed by atoms with Gasteiger partial charge in [0.2, 0.25) is 23.6 Å². The molecule has 2 bridgehead atoms. The van der Waals surface area contributed by atoms with E-state index < -0.39 is 23.7 Å². The maximum absolute atomic E-state index is 12.8. The van der Waals surface area contributed by atoms with E-state index in [4.69, 9.17) is 10.2 Å². The van der Waals surface area contributed by atoms with Gasteiger partial charge in [0.25, 0.3) is 0 Å². The van der Waals surface area contributed by atoms with Gasteiger partial charge >= 0.3 is 0 Å². The third-order valence-corrected chi connectivity index (χ3v) is 7.17. The molecular formula is C18H20N2O6. The maximum atomic E-state index is 12.8. The molecule has 0 aromatic heterocycles. The van der Waals surface area contributed by atoms with Crippen LogP contribution in [0, 0.1) is 47.3 Å². The van der Waals surface area contributed by atoms with Gasteiger partial charge in [0.05, 0.1) is 50.0 Å². The van der Waals surface area contributed by atoms with Crippen molar-refractivity contribution in [2.24, 2.45) is 47.3 Å². The van der Waals surface area contributed by atoms with Crippen LogP contribution < -0.4 is 0 Å². The molecule has 2 saturated heterocycles. The van der Waals surface area contributed by atoms with Crippen molar-refractivity contribution in [3.63, 3.8) is 0 Å². The first kappa shape index (κ1) is 16.1. The van der Waals surface area contributed by atoms with E-state index in [-0.39, 0.29) is 73.6 Å². The number of rotatable bonds is 4. The molecule has 26 heavy (non-hydrogen) atoms. The summed E-state index contributed by atoms with van der Waals surface area (Å²) in [4.78, 5) is 53.2. The lowest BCUT2D eigenvalue weighted by Gasteiger charge is -2.60. The van der Waals surface area contributed by atoms with Gasteiger partial charge in [0, 0.05) is 0 Å². The van der Waals surface area contributed by atoms with Crippen molar-refractivity contribution in [1.82, 2.24) is 9.80 Å². The number of hydrogen-bond donors (Lipinski definition) is 2. The lowest BCUT2D eigenvalue weighted by Crippen LogP contribution is -2.63. The van der Waals surface area contributed by atoms with Gasteiger partial charge in [0.1, 0.15) is 0 Å². The predicted molar refractivity (Wildman–Crippen MR) is 84.7 cm³/mol. The molecule has 4 amide bonds. The number of nitrogens with zero attached hydrogens (tertiary/aromatic N) is 2. The minimum Gasteiger partial charge on any atom is -0.395 e. The molecule has 2 aliphatic heterocycles. The fraction of sp³-hybridized carbons (Fsp3) is 0.667. The van der Waals surface area contributed by atoms with E-state index in [0.29, 0.717) is 0 Å². The van der Waals surface area contributed by atoms with Crippen molar-refractivity contribution >= 4 is 23.6 Å². The van der Waals surface area contributed by atoms with Crippen molar-refractivity contribution in [3.8, 4) is 0 Å². The van der Waals surface area contributed by atoms with Crippen LogP contribution in [0.2, 0.25) is 0 Å². The molecule has 0 aromatic carbocycles. The monoisotopic (exact) mass is 360 g/mol. The molecule has 6 aliphatic rings. The molecule has 8 heteroatoms. The quantitative estimate of drug-likeness (QED) is 0.453. The summed E-state index contributed by atoms with van der Waals surface area (Å²) in [5.74, 6) is -3.51. The van der Waals surface area contributed by atoms with Crippen LogP contribution in [0.15, 0.2) is 12.2 Å². The number of β-amino-alcohol motifs (C(OH)–C–C–N with tert-alkyl or cyclic N) is 2. The van der Waals surface area contributed by atoms with Crippen molar-refractivity contribution < 1.29 is 29.4 Å². The topological polar surface area (TPSA) is 115 Å². The van der Waals surface area contributed by atoms with Crippen molar-refractivity contribution in [2.75, 3.05) is 26.3 Å². The van der Waals surface area contributed by atoms with Crippen LogP contribution >= 0.6 is 0 Å². The van der Waals surface area contributed by atoms with E-state index in [2.05, 4.69) is 0 Å². The third-order valence-electron chi connectivity index (χ3n) is 7.17. The lowest BCUT2D eigenvalue weighted by molar-refractivity contribution is -0.166. The minimum atomic E-state index is -0.485. The zero-order valence-corrected chi connectivity index (χ0v) is 14.0. The van der Waals surface area contributed by atoms with Gasteiger partial charge in [0.15, 0.2) is 0 Å². The van der Waals surface area contributed by atoms with Crippen molar-refractivity contribution in [1.29, 1.82) is 0 Å². The van der Waals surface area contributed by atoms with Gasteiger partial charge < -0.3 is 10.2 Å². The lowest BCUT2D eigenvalue weighted by atomic mass is 9.40. The molecule has 8 atom stereocenters. The highest BCUT2D eigenvalue weighted by Crippen LogP contribution is 2.68. The van der Waals surface area contributed by atoms with Crippen molar-refractivity contribution in [3.05, 3.63) is 12.2 Å². The number of amides is 4. The van der Waals surface area contributed by atoms with Crippen LogP contribution in [0.3, 0.4) is 0 Å². The van der Waals surface area contributed by atoms with E-state index in [1.54, 1.807) is 0 Å². The summed E-state index contributed by atoms with van der Waals surface area (Å²) in [6.07, 6.45) is 3.90. The normalized spacial score (nSPS) is 45.2. The summed E-state index contributed by atoms with van der Waals surface area (Å²) in [6, 6.07) is 0. The zero-order valence-electron chi connectivity index (χ0n) is 14.0. The Kier molecular flexibility index (Phi) is 3.25. The van der Waals surface area contributed by atoms with Crippen molar-refractivity contribution in [2.45, 2.75) is 0 Å². The summed E-state index contributed by atoms with van der Waals surface area (Å²) in [6.45, 7) is -0.545. The van der Waals surface area contributed by atoms with Gasteiger partial charge in [-0.2, -0.15) is 0 Å². The fourth-order valence-corrected chi connectivity index (χ4v) is 6.37. The molecule has 0 spiro atoms. The first-order valence-corrected chi connectivity index (χ1v) is 9.13. The second kappa shape index (κ2) is 5.23. The van der Waals surface area contributed by atoms with Gasteiger partial charge in [-0.05, 0) is 23.7 Å². The smallest absolute Gasteiger partial charge is 0.233 e. The number of hydrogen-bond acceptors (Lipinski definition) is 6. The Bertz CT molecular complexity index is 707. The summed E-state index contributed by atoms with van der Waals surface area (Å²) < 4.78 is 0. The second-order valence-corrected chi connectivity index (χ2v) is 7.90. The number of allylic oxidation sites excluding steroid dienone is 2. The maximum Gasteiger partial charge on any atom is 0.233 e. The molecule has 138 valence electrons. The molecular weight excluding hydrogens is 340 g/mol. The van der Waals surface area contributed by atoms with Gasteiger partial charge in [-0.15, -0.1) is 0 Å². The van der Waals surface area contributed by atoms with E-state index in [1.807, 2.05) is 12.2 Å². The molecule has 0 aromatic rings. The van der Waals surface area contributed by atoms with Crippen LogP contribution in [-0.2, 0) is 19.2 Å². The number of carbonyl (C=O) groups excluding carboxylic acids is 4. The van der Waals surface area contributed by atoms with Gasteiger partial charge in [-0.3, -0.25) is 29.0 Å². The first-order valence-electron chi connectivity index (χ1n) is 9.13. The van der Waals surface area contributed by atoms with Gasteiger partial charge in [-0.1, -0.05) is 12.2 Å². The molecule has 4 fully saturated rings. The number of fused-ring (bicyclic) bond motifs is 1. The highest BCUT2D eigenvalue weighted by molar-refractivity contribution is 6.09. The van der Waals surface area contributed by atoms with Crippen LogP contribution in [0.1, 0.15) is 0 Å². The molecule has 2 saturated carbocycles. The highest BCUT2D eigenvalue weighted by atomic mass is 16.3. The molecule has 2 heterocycles. The fourth-order valence-electron chi connectivity index (χ4n) is 6.37. The Balaban J connectivity index is 1.51. The molecule has 0 unspecified atom stereocenters. The number of aliphatic hydroxyl groups excluding tert-OH is 2. The average molecular weight is 360 g/mol. The molecule has 2 N–H and O–H groups in total. The first-order chi connectivity index (χ1) is 12.5. The van der Waals surface area contributed by atoms with Crippen LogP contribution in [0.5, 0.6) is 0 Å². The van der Waals surface area contributed by atoms with Crippen LogP contribution in [0.4, 0.5) is 0 Å². The van der Waals surface area contributed by atoms with Gasteiger partial charge in [-0.25, -0.2) is 0 Å². The summed E-state index contributed by atoms with van der Waals surface area (Å²) in [5.41, 5.74) is 0. The van der Waals surface area contributed by atoms with Crippen LogP contribution in [0.25, 0.3) is 0 Å². The predicted octanol–water partition coefficient (Wildman–Crippen LogP) is -1.76. The summed E-state index contributed by atoms with van der Waals surface area (Å²) in [5, 5.41) is 18.3. The Morgan fingerprint density at radius 2 is 1.00 bits per heavy atom. The summed E-state index contributed by atoms with van der Waals surface area (Å²) in [7, 11) is 0. The van der Waals surface area contributed by atoms with Crippen LogP contribution in [-0.4, -0.2) is 69.9 Å². The van der Waals surface area contributed by atoms with E-state index >= 15 is 0 Å². The Morgan fingerprint density at radius 3 is 1.35 bits per heavy atom. The number of likely N-dealkylation sites (tertiary alicyclic amines) is 2. The minimum absolute atomic E-state index is 0.00185. The number of imide groups is 2. The number of aliphatic hydroxyl groups is 2. The largest absolute Gasteiger partial charge is 0.395 e. The Labute approximate surface area is 149 Å². The average Bonchev–Trinajstić information content (AvgIpc) is 2.97. The highest BCUT2D eigenvalue weighted by Gasteiger charge is 2.74. The zero-order chi connectivity index (χ0) is 18.3. The molecule has 8 nitrogen and oxygen atoms in total. The SMILES string of the molecule is O=C1[C@@H]2[C@H]3C=C[C@@H]([C@@H]2C(=O)N1CCO)[C@@H]1[C@@H]2C(=O)N(CCO)C(=O)[C@@H]2[C@@H]31. The second-order valence-electron chi connectivity index (χ2n) is 7.90. The molecule has 6 rings (SSSR count). The van der Waals surface area contributed by atoms with E-state index in [0.717, 1.165) is 9.80 Å². The Hall–Kier alpha value is -2.06. The summed E-state index contributed by atoms with van der Waals surface area (Å²) >= 11 is 0. The molecule has 0 radical (unpaired) electrons. The van der Waals surface area contributed by atoms with E-state index in [9.17, 15) is 19.2 Å². The standard InChI is InChI=1S/C18H20N2O6/c21-5-3-19-15(23)11-7-1-2-8(12(11)16(19)24)10-9(7)13-14(10)18(26)20(4-6-22)17(13)25/h1-2,7-14,21-22H,3-6H2/t7-,8+,9-,10-,11+,12-,13+,14-/m0/s1. The van der Waals surface area contributed by atoms with E-state index in [1.165, 1.54) is 0 Å². The number of carbonyl (C=O) groups is 4.